The minimum Gasteiger partial charge on any atom is -0.495 e. The van der Waals surface area contributed by atoms with E-state index in [1.165, 1.54) is 4.88 Å². The Balaban J connectivity index is 1.38. The van der Waals surface area contributed by atoms with E-state index in [1.807, 2.05) is 30.0 Å². The molecule has 0 aliphatic carbocycles. The van der Waals surface area contributed by atoms with E-state index in [4.69, 9.17) is 4.74 Å². The molecule has 3 heterocycles. The van der Waals surface area contributed by atoms with Gasteiger partial charge < -0.3 is 19.9 Å². The number of rotatable bonds is 6. The predicted molar refractivity (Wildman–Crippen MR) is 122 cm³/mol. The Kier molecular flexibility index (Phi) is 6.03. The maximum atomic E-state index is 12.8. The molecule has 1 aromatic carbocycles. The molecule has 0 spiro atoms. The number of piperazine rings is 1. The first-order valence-corrected chi connectivity index (χ1v) is 11.1. The van der Waals surface area contributed by atoms with Crippen molar-refractivity contribution >= 4 is 39.0 Å². The number of carbonyl (C=O) groups is 1. The van der Waals surface area contributed by atoms with E-state index in [-0.39, 0.29) is 12.5 Å². The van der Waals surface area contributed by atoms with Crippen molar-refractivity contribution in [3.8, 4) is 5.75 Å². The van der Waals surface area contributed by atoms with Crippen LogP contribution in [0.1, 0.15) is 17.6 Å². The third-order valence-corrected chi connectivity index (χ3v) is 6.54. The zero-order valence-electron chi connectivity index (χ0n) is 17.6. The highest BCUT2D eigenvalue weighted by atomic mass is 32.1. The van der Waals surface area contributed by atoms with Gasteiger partial charge in [-0.2, -0.15) is 0 Å². The number of methoxy groups -OCH3 is 1. The fourth-order valence-corrected chi connectivity index (χ4v) is 4.76. The summed E-state index contributed by atoms with van der Waals surface area (Å²) < 4.78 is 5.47. The van der Waals surface area contributed by atoms with Crippen LogP contribution in [0, 0.1) is 6.92 Å². The first kappa shape index (κ1) is 20.4. The van der Waals surface area contributed by atoms with E-state index in [0.717, 1.165) is 47.0 Å². The second-order valence-electron chi connectivity index (χ2n) is 7.30. The number of hydrogen-bond acceptors (Lipinski definition) is 7. The maximum absolute atomic E-state index is 12.8. The van der Waals surface area contributed by atoms with Crippen molar-refractivity contribution in [2.45, 2.75) is 20.3 Å². The standard InChI is InChI=1S/C22H27N5O2S/c1-4-16-13-17-21(24-15(2)25-22(17)30-16)23-14-20(28)27-11-9-26(10-12-27)18-7-5-6-8-19(18)29-3/h5-8,13H,4,9-12,14H2,1-3H3,(H,23,24,25). The maximum Gasteiger partial charge on any atom is 0.242 e. The molecule has 1 saturated heterocycles. The average Bonchev–Trinajstić information content (AvgIpc) is 3.20. The van der Waals surface area contributed by atoms with Crippen LogP contribution in [-0.4, -0.2) is 60.6 Å². The molecule has 8 heteroatoms. The van der Waals surface area contributed by atoms with Crippen LogP contribution >= 0.6 is 11.3 Å². The largest absolute Gasteiger partial charge is 0.495 e. The SMILES string of the molecule is CCc1cc2c(NCC(=O)N3CCN(c4ccccc4OC)CC3)nc(C)nc2s1. The summed E-state index contributed by atoms with van der Waals surface area (Å²) in [4.78, 5) is 28.3. The summed E-state index contributed by atoms with van der Waals surface area (Å²) >= 11 is 1.69. The van der Waals surface area contributed by atoms with Crippen LogP contribution in [0.3, 0.4) is 0 Å². The number of fused-ring (bicyclic) bond motifs is 1. The molecule has 1 aliphatic heterocycles. The van der Waals surface area contributed by atoms with Gasteiger partial charge in [0.2, 0.25) is 5.91 Å². The van der Waals surface area contributed by atoms with Crippen molar-refractivity contribution in [3.63, 3.8) is 0 Å². The van der Waals surface area contributed by atoms with Crippen molar-refractivity contribution < 1.29 is 9.53 Å². The molecule has 0 radical (unpaired) electrons. The number of aryl methyl sites for hydroxylation is 2. The van der Waals surface area contributed by atoms with E-state index >= 15 is 0 Å². The summed E-state index contributed by atoms with van der Waals surface area (Å²) in [5, 5.41) is 4.25. The quantitative estimate of drug-likeness (QED) is 0.653. The number of aromatic nitrogens is 2. The number of thiophene rings is 1. The molecule has 1 aliphatic rings. The van der Waals surface area contributed by atoms with E-state index in [9.17, 15) is 4.79 Å². The summed E-state index contributed by atoms with van der Waals surface area (Å²) in [6.07, 6.45) is 0.967. The monoisotopic (exact) mass is 425 g/mol. The van der Waals surface area contributed by atoms with E-state index in [0.29, 0.717) is 18.9 Å². The van der Waals surface area contributed by atoms with Crippen molar-refractivity contribution in [2.75, 3.05) is 50.1 Å². The van der Waals surface area contributed by atoms with Gasteiger partial charge in [0, 0.05) is 31.1 Å². The highest BCUT2D eigenvalue weighted by Crippen LogP contribution is 2.30. The highest BCUT2D eigenvalue weighted by molar-refractivity contribution is 7.18. The number of nitrogens with one attached hydrogen (secondary N) is 1. The van der Waals surface area contributed by atoms with Crippen LogP contribution in [0.25, 0.3) is 10.2 Å². The summed E-state index contributed by atoms with van der Waals surface area (Å²) in [5.74, 6) is 2.41. The van der Waals surface area contributed by atoms with Gasteiger partial charge in [-0.15, -0.1) is 11.3 Å². The molecule has 1 fully saturated rings. The van der Waals surface area contributed by atoms with Crippen LogP contribution in [0.4, 0.5) is 11.5 Å². The van der Waals surface area contributed by atoms with Crippen LogP contribution in [0.5, 0.6) is 5.75 Å². The topological polar surface area (TPSA) is 70.6 Å². The number of hydrogen-bond donors (Lipinski definition) is 1. The summed E-state index contributed by atoms with van der Waals surface area (Å²) in [7, 11) is 1.69. The molecule has 3 aromatic rings. The van der Waals surface area contributed by atoms with E-state index in [2.05, 4.69) is 39.2 Å². The second-order valence-corrected chi connectivity index (χ2v) is 8.41. The van der Waals surface area contributed by atoms with Gasteiger partial charge in [-0.05, 0) is 31.5 Å². The molecular weight excluding hydrogens is 398 g/mol. The Morgan fingerprint density at radius 2 is 1.97 bits per heavy atom. The number of para-hydroxylation sites is 2. The first-order valence-electron chi connectivity index (χ1n) is 10.3. The molecule has 0 saturated carbocycles. The third kappa shape index (κ3) is 4.18. The van der Waals surface area contributed by atoms with E-state index < -0.39 is 0 Å². The van der Waals surface area contributed by atoms with Crippen molar-refractivity contribution in [3.05, 3.63) is 41.0 Å². The second kappa shape index (κ2) is 8.87. The van der Waals surface area contributed by atoms with Gasteiger partial charge in [0.1, 0.15) is 22.2 Å². The lowest BCUT2D eigenvalue weighted by Gasteiger charge is -2.36. The minimum absolute atomic E-state index is 0.0880. The number of anilines is 2. The number of nitrogens with zero attached hydrogens (tertiary/aromatic N) is 4. The lowest BCUT2D eigenvalue weighted by molar-refractivity contribution is -0.129. The Bertz CT molecular complexity index is 1040. The number of ether oxygens (including phenoxy) is 1. The minimum atomic E-state index is 0.0880. The average molecular weight is 426 g/mol. The van der Waals surface area contributed by atoms with Crippen LogP contribution in [-0.2, 0) is 11.2 Å². The molecule has 30 heavy (non-hydrogen) atoms. The molecule has 0 atom stereocenters. The van der Waals surface area contributed by atoms with Gasteiger partial charge >= 0.3 is 0 Å². The molecule has 158 valence electrons. The Labute approximate surface area is 180 Å². The summed E-state index contributed by atoms with van der Waals surface area (Å²) in [6.45, 7) is 7.20. The molecule has 1 amide bonds. The van der Waals surface area contributed by atoms with Gasteiger partial charge in [0.05, 0.1) is 24.7 Å². The van der Waals surface area contributed by atoms with Gasteiger partial charge in [0.25, 0.3) is 0 Å². The zero-order chi connectivity index (χ0) is 21.1. The van der Waals surface area contributed by atoms with Gasteiger partial charge in [-0.25, -0.2) is 9.97 Å². The number of carbonyl (C=O) groups excluding carboxylic acids is 1. The van der Waals surface area contributed by atoms with Gasteiger partial charge in [-0.3, -0.25) is 4.79 Å². The predicted octanol–water partition coefficient (Wildman–Crippen LogP) is 3.33. The Hall–Kier alpha value is -2.87. The highest BCUT2D eigenvalue weighted by Gasteiger charge is 2.23. The molecule has 4 rings (SSSR count). The smallest absolute Gasteiger partial charge is 0.242 e. The van der Waals surface area contributed by atoms with Gasteiger partial charge in [-0.1, -0.05) is 19.1 Å². The van der Waals surface area contributed by atoms with E-state index in [1.54, 1.807) is 18.4 Å². The zero-order valence-corrected chi connectivity index (χ0v) is 18.5. The molecule has 0 bridgehead atoms. The lowest BCUT2D eigenvalue weighted by Crippen LogP contribution is -2.50. The van der Waals surface area contributed by atoms with Crippen LogP contribution in [0.15, 0.2) is 30.3 Å². The van der Waals surface area contributed by atoms with Crippen molar-refractivity contribution in [1.82, 2.24) is 14.9 Å². The number of benzene rings is 1. The number of amides is 1. The Morgan fingerprint density at radius 3 is 2.70 bits per heavy atom. The lowest BCUT2D eigenvalue weighted by atomic mass is 10.2. The fourth-order valence-electron chi connectivity index (χ4n) is 3.75. The first-order chi connectivity index (χ1) is 14.6. The van der Waals surface area contributed by atoms with Gasteiger partial charge in [0.15, 0.2) is 0 Å². The summed E-state index contributed by atoms with van der Waals surface area (Å²) in [6, 6.07) is 10.1. The molecule has 7 nitrogen and oxygen atoms in total. The van der Waals surface area contributed by atoms with Crippen LogP contribution < -0.4 is 15.0 Å². The molecule has 2 aromatic heterocycles. The normalized spacial score (nSPS) is 14.2. The molecule has 1 N–H and O–H groups in total. The molecular formula is C22H27N5O2S. The Morgan fingerprint density at radius 1 is 1.20 bits per heavy atom. The summed E-state index contributed by atoms with van der Waals surface area (Å²) in [5.41, 5.74) is 1.08. The van der Waals surface area contributed by atoms with Crippen molar-refractivity contribution in [1.29, 1.82) is 0 Å². The third-order valence-electron chi connectivity index (χ3n) is 5.37. The molecule has 0 unspecified atom stereocenters. The van der Waals surface area contributed by atoms with Crippen LogP contribution in [0.2, 0.25) is 0 Å². The van der Waals surface area contributed by atoms with Crippen molar-refractivity contribution in [2.24, 2.45) is 0 Å². The fraction of sp³-hybridized carbons (Fsp3) is 0.409.